The number of sulfonamides is 1. The van der Waals surface area contributed by atoms with Gasteiger partial charge >= 0.3 is 0 Å². The molecule has 0 rings (SSSR count). The largest absolute Gasteiger partial charge is 0.394 e. The zero-order valence-corrected chi connectivity index (χ0v) is 12.2. The molecule has 0 aromatic heterocycles. The van der Waals surface area contributed by atoms with E-state index in [1.165, 1.54) is 0 Å². The summed E-state index contributed by atoms with van der Waals surface area (Å²) in [7, 11) is -3.46. The van der Waals surface area contributed by atoms with E-state index < -0.39 is 20.3 Å². The van der Waals surface area contributed by atoms with E-state index in [1.807, 2.05) is 20.8 Å². The van der Waals surface area contributed by atoms with Crippen LogP contribution in [0.3, 0.4) is 0 Å². The molecule has 0 amide bonds. The van der Waals surface area contributed by atoms with Gasteiger partial charge in [0.25, 0.3) is 0 Å². The van der Waals surface area contributed by atoms with Gasteiger partial charge in [-0.1, -0.05) is 20.8 Å². The molecule has 0 bridgehead atoms. The van der Waals surface area contributed by atoms with Crippen molar-refractivity contribution in [2.75, 3.05) is 6.61 Å². The van der Waals surface area contributed by atoms with Crippen LogP contribution in [0.25, 0.3) is 0 Å². The van der Waals surface area contributed by atoms with Crippen LogP contribution in [0.2, 0.25) is 0 Å². The van der Waals surface area contributed by atoms with Crippen molar-refractivity contribution < 1.29 is 13.5 Å². The zero-order valence-electron chi connectivity index (χ0n) is 11.4. The van der Waals surface area contributed by atoms with Gasteiger partial charge in [-0.15, -0.1) is 0 Å². The molecule has 0 aromatic carbocycles. The summed E-state index contributed by atoms with van der Waals surface area (Å²) in [5.41, 5.74) is -1.22. The molecule has 5 heteroatoms. The van der Waals surface area contributed by atoms with Gasteiger partial charge in [0.15, 0.2) is 0 Å². The van der Waals surface area contributed by atoms with E-state index in [9.17, 15) is 13.5 Å². The Bertz CT molecular complexity index is 335. The second kappa shape index (κ2) is 4.27. The minimum Gasteiger partial charge on any atom is -0.394 e. The SMILES string of the molecule is CC(C)(C)[C@@](C)(CO)NS(=O)(=O)C(C)(C)C. The Kier molecular flexibility index (Phi) is 4.24. The quantitative estimate of drug-likeness (QED) is 0.799. The molecule has 0 heterocycles. The van der Waals surface area contributed by atoms with Gasteiger partial charge in [0.2, 0.25) is 10.0 Å². The summed E-state index contributed by atoms with van der Waals surface area (Å²) >= 11 is 0. The molecule has 1 atom stereocenters. The lowest BCUT2D eigenvalue weighted by molar-refractivity contribution is 0.0952. The third kappa shape index (κ3) is 3.18. The molecule has 2 N–H and O–H groups in total. The maximum absolute atomic E-state index is 12.1. The highest BCUT2D eigenvalue weighted by Gasteiger charge is 2.43. The third-order valence-corrected chi connectivity index (χ3v) is 5.47. The van der Waals surface area contributed by atoms with E-state index in [2.05, 4.69) is 4.72 Å². The number of nitrogens with one attached hydrogen (secondary N) is 1. The molecule has 0 saturated carbocycles. The molecule has 0 aromatic rings. The standard InChI is InChI=1S/C11H25NO3S/c1-9(2,3)11(7,8-13)12-16(14,15)10(4,5)6/h12-13H,8H2,1-7H3/t11-/m1/s1. The van der Waals surface area contributed by atoms with Gasteiger partial charge in [-0.05, 0) is 33.1 Å². The fourth-order valence-corrected chi connectivity index (χ4v) is 2.14. The molecule has 16 heavy (non-hydrogen) atoms. The van der Waals surface area contributed by atoms with Crippen LogP contribution in [0.1, 0.15) is 48.5 Å². The second-order valence-electron chi connectivity index (χ2n) is 6.46. The van der Waals surface area contributed by atoms with Crippen LogP contribution in [0.15, 0.2) is 0 Å². The summed E-state index contributed by atoms with van der Waals surface area (Å²) in [5.74, 6) is 0. The van der Waals surface area contributed by atoms with E-state index in [4.69, 9.17) is 0 Å². The number of aliphatic hydroxyl groups is 1. The fraction of sp³-hybridized carbons (Fsp3) is 1.00. The van der Waals surface area contributed by atoms with Crippen LogP contribution in [0.5, 0.6) is 0 Å². The second-order valence-corrected chi connectivity index (χ2v) is 8.89. The molecule has 0 aliphatic heterocycles. The van der Waals surface area contributed by atoms with Crippen molar-refractivity contribution in [3.63, 3.8) is 0 Å². The summed E-state index contributed by atoms with van der Waals surface area (Å²) in [6.45, 7) is 12.1. The Morgan fingerprint density at radius 2 is 1.38 bits per heavy atom. The minimum absolute atomic E-state index is 0.230. The third-order valence-electron chi connectivity index (χ3n) is 3.14. The molecular weight excluding hydrogens is 226 g/mol. The fourth-order valence-electron chi connectivity index (χ4n) is 0.872. The van der Waals surface area contributed by atoms with Crippen molar-refractivity contribution >= 4 is 10.0 Å². The lowest BCUT2D eigenvalue weighted by atomic mass is 9.76. The van der Waals surface area contributed by atoms with Gasteiger partial charge in [-0.2, -0.15) is 0 Å². The molecule has 0 aliphatic rings. The first-order valence-corrected chi connectivity index (χ1v) is 6.89. The van der Waals surface area contributed by atoms with E-state index in [-0.39, 0.29) is 12.0 Å². The van der Waals surface area contributed by atoms with Crippen molar-refractivity contribution in [1.82, 2.24) is 4.72 Å². The van der Waals surface area contributed by atoms with Crippen LogP contribution in [0, 0.1) is 5.41 Å². The molecule has 4 nitrogen and oxygen atoms in total. The van der Waals surface area contributed by atoms with Crippen LogP contribution in [-0.2, 0) is 10.0 Å². The first kappa shape index (κ1) is 15.9. The van der Waals surface area contributed by atoms with Crippen molar-refractivity contribution in [2.24, 2.45) is 5.41 Å². The summed E-state index contributed by atoms with van der Waals surface area (Å²) < 4.78 is 25.8. The molecule has 0 radical (unpaired) electrons. The maximum atomic E-state index is 12.1. The van der Waals surface area contributed by atoms with Crippen LogP contribution < -0.4 is 4.72 Å². The Hall–Kier alpha value is -0.130. The Labute approximate surface area is 99.5 Å². The van der Waals surface area contributed by atoms with Crippen LogP contribution >= 0.6 is 0 Å². The van der Waals surface area contributed by atoms with E-state index in [1.54, 1.807) is 27.7 Å². The molecule has 0 fully saturated rings. The van der Waals surface area contributed by atoms with Crippen molar-refractivity contribution in [2.45, 2.75) is 58.8 Å². The first-order valence-electron chi connectivity index (χ1n) is 5.41. The van der Waals surface area contributed by atoms with E-state index in [0.717, 1.165) is 0 Å². The smallest absolute Gasteiger partial charge is 0.217 e. The molecule has 0 aliphatic carbocycles. The summed E-state index contributed by atoms with van der Waals surface area (Å²) in [6, 6.07) is 0. The Balaban J connectivity index is 5.26. The number of aliphatic hydroxyl groups excluding tert-OH is 1. The van der Waals surface area contributed by atoms with Crippen LogP contribution in [0.4, 0.5) is 0 Å². The summed E-state index contributed by atoms with van der Waals surface area (Å²) in [4.78, 5) is 0. The molecule has 0 saturated heterocycles. The van der Waals surface area contributed by atoms with Gasteiger partial charge in [0, 0.05) is 0 Å². The first-order chi connectivity index (χ1) is 6.77. The van der Waals surface area contributed by atoms with Gasteiger partial charge < -0.3 is 5.11 Å². The Morgan fingerprint density at radius 1 is 1.00 bits per heavy atom. The number of hydrogen-bond donors (Lipinski definition) is 2. The van der Waals surface area contributed by atoms with E-state index in [0.29, 0.717) is 0 Å². The highest BCUT2D eigenvalue weighted by molar-refractivity contribution is 7.90. The topological polar surface area (TPSA) is 66.4 Å². The monoisotopic (exact) mass is 251 g/mol. The molecule has 0 unspecified atom stereocenters. The van der Waals surface area contributed by atoms with Gasteiger partial charge in [-0.25, -0.2) is 13.1 Å². The zero-order chi connectivity index (χ0) is 13.4. The molecule has 0 spiro atoms. The lowest BCUT2D eigenvalue weighted by Crippen LogP contribution is -2.60. The molecular formula is C11H25NO3S. The van der Waals surface area contributed by atoms with Crippen LogP contribution in [-0.4, -0.2) is 30.4 Å². The van der Waals surface area contributed by atoms with Crippen molar-refractivity contribution in [3.8, 4) is 0 Å². The average Bonchev–Trinajstić information content (AvgIpc) is 1.99. The number of rotatable bonds is 3. The van der Waals surface area contributed by atoms with Crippen molar-refractivity contribution in [3.05, 3.63) is 0 Å². The normalized spacial score (nSPS) is 18.2. The van der Waals surface area contributed by atoms with Crippen molar-refractivity contribution in [1.29, 1.82) is 0 Å². The van der Waals surface area contributed by atoms with Gasteiger partial charge in [0.1, 0.15) is 0 Å². The summed E-state index contributed by atoms with van der Waals surface area (Å²) in [6.07, 6.45) is 0. The highest BCUT2D eigenvalue weighted by atomic mass is 32.2. The van der Waals surface area contributed by atoms with Gasteiger partial charge in [-0.3, -0.25) is 0 Å². The van der Waals surface area contributed by atoms with Gasteiger partial charge in [0.05, 0.1) is 16.9 Å². The van der Waals surface area contributed by atoms with E-state index >= 15 is 0 Å². The molecule has 98 valence electrons. The highest BCUT2D eigenvalue weighted by Crippen LogP contribution is 2.31. The Morgan fingerprint density at radius 3 is 1.56 bits per heavy atom. The summed E-state index contributed by atoms with van der Waals surface area (Å²) in [5, 5.41) is 9.42. The lowest BCUT2D eigenvalue weighted by Gasteiger charge is -2.42. The maximum Gasteiger partial charge on any atom is 0.217 e. The predicted molar refractivity (Wildman–Crippen MR) is 66.8 cm³/mol. The predicted octanol–water partition coefficient (Wildman–Crippen LogP) is 1.50. The number of hydrogen-bond acceptors (Lipinski definition) is 3. The minimum atomic E-state index is -3.46. The average molecular weight is 251 g/mol.